The van der Waals surface area contributed by atoms with Crippen molar-refractivity contribution in [3.8, 4) is 0 Å². The van der Waals surface area contributed by atoms with Crippen LogP contribution in [0.25, 0.3) is 5.57 Å². The summed E-state index contributed by atoms with van der Waals surface area (Å²) in [6.45, 7) is 5.80. The zero-order chi connectivity index (χ0) is 22.2. The van der Waals surface area contributed by atoms with Gasteiger partial charge in [-0.05, 0) is 56.0 Å². The molecule has 0 amide bonds. The minimum atomic E-state index is -4.53. The van der Waals surface area contributed by atoms with Crippen LogP contribution in [0, 0.1) is 32.6 Å². The molecule has 2 fully saturated rings. The molecule has 0 radical (unpaired) electrons. The average molecular weight is 429 g/mol. The van der Waals surface area contributed by atoms with Crippen LogP contribution in [0.1, 0.15) is 46.0 Å². The topological polar surface area (TPSA) is 59.4 Å². The fraction of sp³-hybridized carbons (Fsp3) is 0.417. The third-order valence-corrected chi connectivity index (χ3v) is 6.85. The molecule has 1 aromatic heterocycles. The minimum absolute atomic E-state index is 0.00534. The van der Waals surface area contributed by atoms with Crippen LogP contribution in [-0.4, -0.2) is 28.1 Å². The van der Waals surface area contributed by atoms with E-state index in [2.05, 4.69) is 4.98 Å². The van der Waals surface area contributed by atoms with Crippen molar-refractivity contribution < 1.29 is 27.8 Å². The fourth-order valence-electron chi connectivity index (χ4n) is 5.79. The van der Waals surface area contributed by atoms with Gasteiger partial charge in [-0.25, -0.2) is 4.98 Å². The molecule has 31 heavy (non-hydrogen) atoms. The molecule has 2 saturated heterocycles. The van der Waals surface area contributed by atoms with E-state index in [1.165, 1.54) is 6.07 Å². The molecule has 0 saturated carbocycles. The van der Waals surface area contributed by atoms with E-state index in [0.29, 0.717) is 12.0 Å². The van der Waals surface area contributed by atoms with Gasteiger partial charge in [-0.3, -0.25) is 4.79 Å². The van der Waals surface area contributed by atoms with Gasteiger partial charge in [0.1, 0.15) is 11.5 Å². The maximum atomic E-state index is 13.3. The fourth-order valence-corrected chi connectivity index (χ4v) is 5.79. The Kier molecular flexibility index (Phi) is 4.35. The molecule has 3 aliphatic rings. The lowest BCUT2D eigenvalue weighted by Crippen LogP contribution is -2.34. The van der Waals surface area contributed by atoms with Gasteiger partial charge in [0.05, 0.1) is 29.6 Å². The lowest BCUT2D eigenvalue weighted by atomic mass is 9.73. The van der Waals surface area contributed by atoms with Crippen LogP contribution in [0.2, 0.25) is 0 Å². The Balaban J connectivity index is 1.55. The molecular formula is C24H22F3NO3. The van der Waals surface area contributed by atoms with Crippen LogP contribution in [0.4, 0.5) is 13.2 Å². The number of aryl methyl sites for hydroxylation is 3. The van der Waals surface area contributed by atoms with E-state index < -0.39 is 41.8 Å². The van der Waals surface area contributed by atoms with Crippen molar-refractivity contribution in [2.75, 3.05) is 0 Å². The number of aliphatic hydroxyl groups is 1. The smallest absolute Gasteiger partial charge is 0.433 e. The standard InChI is InChI=1S/C24H22F3NO3/c1-10-7-11(2)17(12(3)8-10)19-21(29)18-15-9-13(23(31-15)20(18)22(19)30)14-5-4-6-16(28-14)24(25,26)27/h4-8,13,15,18,20,23,30H,9H2,1-3H3/t13-,15-,18-,20+,23+/m0/s1. The highest BCUT2D eigenvalue weighted by Gasteiger charge is 2.63. The number of rotatable bonds is 2. The van der Waals surface area contributed by atoms with Crippen molar-refractivity contribution >= 4 is 11.4 Å². The number of nitrogens with zero attached hydrogens (tertiary/aromatic N) is 1. The van der Waals surface area contributed by atoms with Crippen molar-refractivity contribution in [2.24, 2.45) is 11.8 Å². The van der Waals surface area contributed by atoms with Gasteiger partial charge in [0.25, 0.3) is 0 Å². The molecule has 3 heterocycles. The number of hydrogen-bond donors (Lipinski definition) is 1. The molecule has 1 N–H and O–H groups in total. The molecule has 4 nitrogen and oxygen atoms in total. The Morgan fingerprint density at radius 1 is 1.10 bits per heavy atom. The van der Waals surface area contributed by atoms with E-state index in [0.717, 1.165) is 28.3 Å². The summed E-state index contributed by atoms with van der Waals surface area (Å²) in [5.74, 6) is -1.59. The molecule has 2 aromatic rings. The van der Waals surface area contributed by atoms with Crippen molar-refractivity contribution in [3.05, 3.63) is 69.7 Å². The number of halogens is 3. The van der Waals surface area contributed by atoms with Crippen LogP contribution in [0.15, 0.2) is 36.1 Å². The molecule has 5 rings (SSSR count). The first-order valence-electron chi connectivity index (χ1n) is 10.3. The molecule has 2 bridgehead atoms. The van der Waals surface area contributed by atoms with Crippen LogP contribution in [-0.2, 0) is 15.7 Å². The molecule has 2 aliphatic heterocycles. The van der Waals surface area contributed by atoms with Crippen molar-refractivity contribution in [3.63, 3.8) is 0 Å². The second-order valence-corrected chi connectivity index (χ2v) is 8.88. The summed E-state index contributed by atoms with van der Waals surface area (Å²) in [5, 5.41) is 11.2. The maximum absolute atomic E-state index is 13.3. The molecule has 162 valence electrons. The lowest BCUT2D eigenvalue weighted by molar-refractivity contribution is -0.141. The summed E-state index contributed by atoms with van der Waals surface area (Å²) >= 11 is 0. The number of ketones is 1. The van der Waals surface area contributed by atoms with Gasteiger partial charge in [-0.15, -0.1) is 0 Å². The Morgan fingerprint density at radius 2 is 1.77 bits per heavy atom. The number of pyridine rings is 1. The third-order valence-electron chi connectivity index (χ3n) is 6.85. The number of ether oxygens (including phenoxy) is 1. The third kappa shape index (κ3) is 2.93. The molecular weight excluding hydrogens is 407 g/mol. The molecule has 0 spiro atoms. The van der Waals surface area contributed by atoms with Gasteiger partial charge in [0, 0.05) is 11.6 Å². The van der Waals surface area contributed by atoms with Crippen molar-refractivity contribution in [1.82, 2.24) is 4.98 Å². The predicted octanol–water partition coefficient (Wildman–Crippen LogP) is 5.06. The van der Waals surface area contributed by atoms with Crippen LogP contribution >= 0.6 is 0 Å². The van der Waals surface area contributed by atoms with Gasteiger partial charge in [0.2, 0.25) is 0 Å². The summed E-state index contributed by atoms with van der Waals surface area (Å²) < 4.78 is 45.4. The van der Waals surface area contributed by atoms with Gasteiger partial charge >= 0.3 is 6.18 Å². The van der Waals surface area contributed by atoms with E-state index in [1.54, 1.807) is 6.07 Å². The van der Waals surface area contributed by atoms with Crippen LogP contribution < -0.4 is 0 Å². The van der Waals surface area contributed by atoms with E-state index in [9.17, 15) is 23.1 Å². The number of fused-ring (bicyclic) bond motifs is 5. The number of carbonyl (C=O) groups excluding carboxylic acids is 1. The number of benzene rings is 1. The maximum Gasteiger partial charge on any atom is 0.433 e. The second-order valence-electron chi connectivity index (χ2n) is 8.88. The minimum Gasteiger partial charge on any atom is -0.511 e. The van der Waals surface area contributed by atoms with Gasteiger partial charge in [0.15, 0.2) is 5.78 Å². The predicted molar refractivity (Wildman–Crippen MR) is 107 cm³/mol. The summed E-state index contributed by atoms with van der Waals surface area (Å²) in [6.07, 6.45) is -5.12. The average Bonchev–Trinajstić information content (AvgIpc) is 3.34. The Labute approximate surface area is 177 Å². The SMILES string of the molecule is Cc1cc(C)c(C2=C(O)[C@@H]3[C@@H]4O[C@@H](C[C@H]4c4cccc(C(F)(F)F)n4)[C@@H]3C2=O)c(C)c1. The number of hydrogen-bond acceptors (Lipinski definition) is 4. The first-order chi connectivity index (χ1) is 14.6. The van der Waals surface area contributed by atoms with Crippen molar-refractivity contribution in [1.29, 1.82) is 0 Å². The number of alkyl halides is 3. The summed E-state index contributed by atoms with van der Waals surface area (Å²) in [5.41, 5.74) is 3.32. The van der Waals surface area contributed by atoms with Crippen molar-refractivity contribution in [2.45, 2.75) is 51.5 Å². The van der Waals surface area contributed by atoms with Crippen LogP contribution in [0.5, 0.6) is 0 Å². The molecule has 1 aliphatic carbocycles. The second kappa shape index (κ2) is 6.66. The zero-order valence-corrected chi connectivity index (χ0v) is 17.3. The quantitative estimate of drug-likeness (QED) is 0.725. The summed E-state index contributed by atoms with van der Waals surface area (Å²) in [7, 11) is 0. The van der Waals surface area contributed by atoms with Gasteiger partial charge in [-0.1, -0.05) is 23.8 Å². The molecule has 0 unspecified atom stereocenters. The lowest BCUT2D eigenvalue weighted by Gasteiger charge is -2.27. The number of Topliss-reactive ketones (excluding diaryl/α,β-unsaturated/α-hetero) is 1. The molecule has 7 heteroatoms. The van der Waals surface area contributed by atoms with Gasteiger partial charge in [-0.2, -0.15) is 13.2 Å². The first-order valence-corrected chi connectivity index (χ1v) is 10.3. The number of carbonyl (C=O) groups is 1. The normalized spacial score (nSPS) is 29.7. The number of aliphatic hydroxyl groups excluding tert-OH is 1. The van der Waals surface area contributed by atoms with E-state index >= 15 is 0 Å². The number of aromatic nitrogens is 1. The summed E-state index contributed by atoms with van der Waals surface area (Å²) in [4.78, 5) is 17.2. The first kappa shape index (κ1) is 20.2. The van der Waals surface area contributed by atoms with Gasteiger partial charge < -0.3 is 9.84 Å². The summed E-state index contributed by atoms with van der Waals surface area (Å²) in [6, 6.07) is 7.80. The monoisotopic (exact) mass is 429 g/mol. The van der Waals surface area contributed by atoms with E-state index in [4.69, 9.17) is 4.74 Å². The van der Waals surface area contributed by atoms with E-state index in [-0.39, 0.29) is 17.2 Å². The molecule has 5 atom stereocenters. The molecule has 1 aromatic carbocycles. The Hall–Kier alpha value is -2.67. The largest absolute Gasteiger partial charge is 0.511 e. The zero-order valence-electron chi connectivity index (χ0n) is 17.3. The van der Waals surface area contributed by atoms with Crippen LogP contribution in [0.3, 0.4) is 0 Å². The highest BCUT2D eigenvalue weighted by molar-refractivity contribution is 6.26. The van der Waals surface area contributed by atoms with E-state index in [1.807, 2.05) is 32.9 Å². The highest BCUT2D eigenvalue weighted by atomic mass is 19.4. The Bertz CT molecular complexity index is 1110. The number of allylic oxidation sites excluding steroid dienone is 1. The Morgan fingerprint density at radius 3 is 2.42 bits per heavy atom. The highest BCUT2D eigenvalue weighted by Crippen LogP contribution is 2.58.